The Labute approximate surface area is 119 Å². The van der Waals surface area contributed by atoms with E-state index in [0.29, 0.717) is 22.1 Å². The number of rotatable bonds is 3. The van der Waals surface area contributed by atoms with E-state index in [2.05, 4.69) is 30.1 Å². The minimum Gasteiger partial charge on any atom is -0.369 e. The number of piperidine rings is 1. The molecule has 1 fully saturated rings. The molecule has 0 aromatic heterocycles. The zero-order chi connectivity index (χ0) is 13.1. The van der Waals surface area contributed by atoms with Crippen LogP contribution in [0.4, 0.5) is 5.69 Å². The smallest absolute Gasteiger partial charge is 0.0612 e. The molecule has 18 heavy (non-hydrogen) atoms. The van der Waals surface area contributed by atoms with E-state index in [1.807, 2.05) is 12.1 Å². The molecule has 0 saturated carbocycles. The molecule has 1 N–H and O–H groups in total. The Balaban J connectivity index is 2.08. The van der Waals surface area contributed by atoms with Crippen LogP contribution in [0.1, 0.15) is 26.7 Å². The Morgan fingerprint density at radius 2 is 2.11 bits per heavy atom. The lowest BCUT2D eigenvalue weighted by molar-refractivity contribution is 0.374. The normalized spacial score (nSPS) is 24.3. The van der Waals surface area contributed by atoms with Gasteiger partial charge in [-0.3, -0.25) is 0 Å². The second kappa shape index (κ2) is 6.14. The van der Waals surface area contributed by atoms with Gasteiger partial charge in [0, 0.05) is 24.3 Å². The van der Waals surface area contributed by atoms with Crippen molar-refractivity contribution in [2.45, 2.75) is 38.8 Å². The van der Waals surface area contributed by atoms with Gasteiger partial charge in [0.2, 0.25) is 0 Å². The van der Waals surface area contributed by atoms with Gasteiger partial charge in [0.1, 0.15) is 0 Å². The van der Waals surface area contributed by atoms with Crippen LogP contribution >= 0.6 is 23.2 Å². The summed E-state index contributed by atoms with van der Waals surface area (Å²) in [5, 5.41) is 4.79. The van der Waals surface area contributed by atoms with Crippen molar-refractivity contribution < 1.29 is 0 Å². The Kier molecular flexibility index (Phi) is 4.77. The van der Waals surface area contributed by atoms with Crippen LogP contribution in [-0.2, 0) is 0 Å². The summed E-state index contributed by atoms with van der Waals surface area (Å²) in [6, 6.07) is 7.07. The van der Waals surface area contributed by atoms with Gasteiger partial charge in [-0.1, -0.05) is 30.1 Å². The number of anilines is 1. The quantitative estimate of drug-likeness (QED) is 0.905. The van der Waals surface area contributed by atoms with Crippen molar-refractivity contribution in [1.82, 2.24) is 5.32 Å². The standard InChI is InChI=1S/C14H20Cl2N2/c1-3-17-11-6-7-18(10(2)8-11)12-4-5-13(15)14(16)9-12/h4-5,9-11,17H,3,6-8H2,1-2H3. The fraction of sp³-hybridized carbons (Fsp3) is 0.571. The van der Waals surface area contributed by atoms with Crippen molar-refractivity contribution in [2.24, 2.45) is 0 Å². The largest absolute Gasteiger partial charge is 0.369 e. The van der Waals surface area contributed by atoms with Gasteiger partial charge in [0.25, 0.3) is 0 Å². The van der Waals surface area contributed by atoms with E-state index in [9.17, 15) is 0 Å². The van der Waals surface area contributed by atoms with E-state index in [4.69, 9.17) is 23.2 Å². The number of hydrogen-bond donors (Lipinski definition) is 1. The molecule has 0 amide bonds. The Bertz CT molecular complexity index is 409. The molecular formula is C14H20Cl2N2. The third-order valence-electron chi connectivity index (χ3n) is 3.60. The van der Waals surface area contributed by atoms with Crippen LogP contribution in [-0.4, -0.2) is 25.2 Å². The third kappa shape index (κ3) is 3.11. The van der Waals surface area contributed by atoms with Crippen molar-refractivity contribution in [3.05, 3.63) is 28.2 Å². The maximum atomic E-state index is 6.09. The molecule has 2 atom stereocenters. The minimum absolute atomic E-state index is 0.528. The van der Waals surface area contributed by atoms with E-state index < -0.39 is 0 Å². The summed E-state index contributed by atoms with van der Waals surface area (Å²) in [4.78, 5) is 2.41. The number of benzene rings is 1. The summed E-state index contributed by atoms with van der Waals surface area (Å²) in [7, 11) is 0. The van der Waals surface area contributed by atoms with Crippen LogP contribution in [0.2, 0.25) is 10.0 Å². The Morgan fingerprint density at radius 1 is 1.33 bits per heavy atom. The second-order valence-electron chi connectivity index (χ2n) is 4.92. The van der Waals surface area contributed by atoms with Gasteiger partial charge in [-0.15, -0.1) is 0 Å². The van der Waals surface area contributed by atoms with E-state index in [0.717, 1.165) is 13.1 Å². The number of hydrogen-bond acceptors (Lipinski definition) is 2. The summed E-state index contributed by atoms with van der Waals surface area (Å²) < 4.78 is 0. The van der Waals surface area contributed by atoms with Crippen molar-refractivity contribution in [2.75, 3.05) is 18.0 Å². The maximum Gasteiger partial charge on any atom is 0.0612 e. The molecule has 1 saturated heterocycles. The van der Waals surface area contributed by atoms with Crippen LogP contribution in [0.25, 0.3) is 0 Å². The lowest BCUT2D eigenvalue weighted by atomic mass is 9.97. The summed E-state index contributed by atoms with van der Waals surface area (Å²) in [5.74, 6) is 0. The van der Waals surface area contributed by atoms with Gasteiger partial charge in [-0.25, -0.2) is 0 Å². The first kappa shape index (κ1) is 14.0. The zero-order valence-electron chi connectivity index (χ0n) is 10.9. The van der Waals surface area contributed by atoms with Crippen molar-refractivity contribution >= 4 is 28.9 Å². The van der Waals surface area contributed by atoms with Gasteiger partial charge in [-0.05, 0) is 44.5 Å². The highest BCUT2D eigenvalue weighted by Crippen LogP contribution is 2.30. The number of nitrogens with one attached hydrogen (secondary N) is 1. The first-order valence-electron chi connectivity index (χ1n) is 6.57. The Hall–Kier alpha value is -0.440. The molecule has 100 valence electrons. The molecule has 1 heterocycles. The molecule has 0 bridgehead atoms. The number of nitrogens with zero attached hydrogens (tertiary/aromatic N) is 1. The molecule has 0 spiro atoms. The lowest BCUT2D eigenvalue weighted by Gasteiger charge is -2.39. The molecule has 1 aromatic rings. The second-order valence-corrected chi connectivity index (χ2v) is 5.73. The highest BCUT2D eigenvalue weighted by molar-refractivity contribution is 6.42. The van der Waals surface area contributed by atoms with Crippen LogP contribution in [0.15, 0.2) is 18.2 Å². The molecule has 0 aliphatic carbocycles. The van der Waals surface area contributed by atoms with Crippen LogP contribution in [0.5, 0.6) is 0 Å². The van der Waals surface area contributed by atoms with Crippen molar-refractivity contribution in [3.8, 4) is 0 Å². The average Bonchev–Trinajstić information content (AvgIpc) is 2.34. The summed E-state index contributed by atoms with van der Waals surface area (Å²) in [5.41, 5.74) is 1.17. The topological polar surface area (TPSA) is 15.3 Å². The molecular weight excluding hydrogens is 267 g/mol. The zero-order valence-corrected chi connectivity index (χ0v) is 12.4. The first-order chi connectivity index (χ1) is 8.61. The predicted octanol–water partition coefficient (Wildman–Crippen LogP) is 3.96. The molecule has 2 unspecified atom stereocenters. The first-order valence-corrected chi connectivity index (χ1v) is 7.32. The molecule has 1 aromatic carbocycles. The van der Waals surface area contributed by atoms with Crippen LogP contribution in [0, 0.1) is 0 Å². The third-order valence-corrected chi connectivity index (χ3v) is 4.34. The monoisotopic (exact) mass is 286 g/mol. The molecule has 1 aliphatic heterocycles. The van der Waals surface area contributed by atoms with Crippen molar-refractivity contribution in [1.29, 1.82) is 0 Å². The molecule has 4 heteroatoms. The van der Waals surface area contributed by atoms with E-state index in [1.165, 1.54) is 18.5 Å². The average molecular weight is 287 g/mol. The van der Waals surface area contributed by atoms with Gasteiger partial charge >= 0.3 is 0 Å². The van der Waals surface area contributed by atoms with Gasteiger partial charge < -0.3 is 10.2 Å². The predicted molar refractivity (Wildman–Crippen MR) is 80.0 cm³/mol. The van der Waals surface area contributed by atoms with Crippen LogP contribution in [0.3, 0.4) is 0 Å². The molecule has 1 aliphatic rings. The molecule has 2 rings (SSSR count). The fourth-order valence-corrected chi connectivity index (χ4v) is 2.99. The summed E-state index contributed by atoms with van der Waals surface area (Å²) >= 11 is 12.0. The highest BCUT2D eigenvalue weighted by Gasteiger charge is 2.25. The lowest BCUT2D eigenvalue weighted by Crippen LogP contribution is -2.47. The van der Waals surface area contributed by atoms with E-state index in [-0.39, 0.29) is 0 Å². The van der Waals surface area contributed by atoms with E-state index in [1.54, 1.807) is 0 Å². The molecule has 2 nitrogen and oxygen atoms in total. The van der Waals surface area contributed by atoms with Gasteiger partial charge in [-0.2, -0.15) is 0 Å². The highest BCUT2D eigenvalue weighted by atomic mass is 35.5. The maximum absolute atomic E-state index is 6.09. The van der Waals surface area contributed by atoms with Crippen LogP contribution < -0.4 is 10.2 Å². The SMILES string of the molecule is CCNC1CCN(c2ccc(Cl)c(Cl)c2)C(C)C1. The van der Waals surface area contributed by atoms with Gasteiger partial charge in [0.15, 0.2) is 0 Å². The van der Waals surface area contributed by atoms with Gasteiger partial charge in [0.05, 0.1) is 10.0 Å². The fourth-order valence-electron chi connectivity index (χ4n) is 2.69. The summed E-state index contributed by atoms with van der Waals surface area (Å²) in [6.45, 7) is 6.54. The number of halogens is 2. The summed E-state index contributed by atoms with van der Waals surface area (Å²) in [6.07, 6.45) is 2.35. The van der Waals surface area contributed by atoms with Crippen molar-refractivity contribution in [3.63, 3.8) is 0 Å². The minimum atomic E-state index is 0.528. The van der Waals surface area contributed by atoms with E-state index >= 15 is 0 Å². The Morgan fingerprint density at radius 3 is 2.72 bits per heavy atom. The molecule has 0 radical (unpaired) electrons.